The van der Waals surface area contributed by atoms with Gasteiger partial charge in [0.15, 0.2) is 0 Å². The summed E-state index contributed by atoms with van der Waals surface area (Å²) in [4.78, 5) is 16.0. The first kappa shape index (κ1) is 13.9. The van der Waals surface area contributed by atoms with Gasteiger partial charge < -0.3 is 15.8 Å². The predicted octanol–water partition coefficient (Wildman–Crippen LogP) is 2.16. The third kappa shape index (κ3) is 3.26. The molecular weight excluding hydrogens is 254 g/mol. The molecule has 104 valence electrons. The number of aromatic nitrogens is 1. The maximum absolute atomic E-state index is 12.0. The molecule has 0 aliphatic rings. The molecule has 0 saturated heterocycles. The molecule has 5 heteroatoms. The van der Waals surface area contributed by atoms with E-state index in [9.17, 15) is 4.79 Å². The zero-order chi connectivity index (χ0) is 14.5. The number of ether oxygens (including phenoxy) is 1. The van der Waals surface area contributed by atoms with Crippen LogP contribution < -0.4 is 15.8 Å². The summed E-state index contributed by atoms with van der Waals surface area (Å²) in [5.41, 5.74) is 7.41. The molecule has 1 atom stereocenters. The molecule has 0 fully saturated rings. The Morgan fingerprint density at radius 3 is 2.50 bits per heavy atom. The Morgan fingerprint density at radius 2 is 1.95 bits per heavy atom. The first-order chi connectivity index (χ1) is 9.60. The van der Waals surface area contributed by atoms with Gasteiger partial charge in [-0.15, -0.1) is 0 Å². The van der Waals surface area contributed by atoms with Crippen molar-refractivity contribution in [1.29, 1.82) is 0 Å². The highest BCUT2D eigenvalue weighted by Gasteiger charge is 2.12. The van der Waals surface area contributed by atoms with E-state index in [-0.39, 0.29) is 11.9 Å². The van der Waals surface area contributed by atoms with Gasteiger partial charge in [-0.3, -0.25) is 4.79 Å². The first-order valence-electron chi connectivity index (χ1n) is 6.26. The van der Waals surface area contributed by atoms with E-state index in [1.807, 2.05) is 31.2 Å². The van der Waals surface area contributed by atoms with E-state index in [1.54, 1.807) is 19.2 Å². The highest BCUT2D eigenvalue weighted by atomic mass is 16.5. The lowest BCUT2D eigenvalue weighted by Gasteiger charge is -2.14. The summed E-state index contributed by atoms with van der Waals surface area (Å²) < 4.78 is 5.10. The second-order valence-electron chi connectivity index (χ2n) is 4.45. The number of carbonyl (C=O) groups excluding carboxylic acids is 1. The largest absolute Gasteiger partial charge is 0.497 e. The van der Waals surface area contributed by atoms with E-state index in [0.717, 1.165) is 11.3 Å². The average Bonchev–Trinajstić information content (AvgIpc) is 2.48. The maximum atomic E-state index is 12.0. The Hall–Kier alpha value is -2.56. The summed E-state index contributed by atoms with van der Waals surface area (Å²) in [7, 11) is 1.62. The molecule has 1 amide bonds. The van der Waals surface area contributed by atoms with Crippen molar-refractivity contribution in [3.05, 3.63) is 53.9 Å². The highest BCUT2D eigenvalue weighted by Crippen LogP contribution is 2.17. The lowest BCUT2D eigenvalue weighted by Crippen LogP contribution is -2.27. The number of carbonyl (C=O) groups is 1. The average molecular weight is 271 g/mol. The smallest absolute Gasteiger partial charge is 0.270 e. The molecule has 0 radical (unpaired) electrons. The summed E-state index contributed by atoms with van der Waals surface area (Å²) in [5.74, 6) is 0.556. The number of benzene rings is 1. The van der Waals surface area contributed by atoms with Crippen molar-refractivity contribution < 1.29 is 9.53 Å². The fourth-order valence-electron chi connectivity index (χ4n) is 1.79. The highest BCUT2D eigenvalue weighted by molar-refractivity contribution is 5.92. The zero-order valence-electron chi connectivity index (χ0n) is 11.5. The van der Waals surface area contributed by atoms with Crippen LogP contribution in [0.2, 0.25) is 0 Å². The third-order valence-corrected chi connectivity index (χ3v) is 2.98. The van der Waals surface area contributed by atoms with Crippen molar-refractivity contribution in [3.8, 4) is 5.75 Å². The van der Waals surface area contributed by atoms with Gasteiger partial charge in [0.1, 0.15) is 11.4 Å². The van der Waals surface area contributed by atoms with Crippen molar-refractivity contribution in [3.63, 3.8) is 0 Å². The van der Waals surface area contributed by atoms with Crippen molar-refractivity contribution in [2.75, 3.05) is 12.8 Å². The molecule has 1 heterocycles. The summed E-state index contributed by atoms with van der Waals surface area (Å²) in [6.07, 6.45) is 1.47. The standard InChI is InChI=1S/C15H17N3O2/c1-10(11-3-6-13(20-2)7-4-11)18-15(19)14-8-5-12(16)9-17-14/h3-10H,16H2,1-2H3,(H,18,19)/t10-/m1/s1. The summed E-state index contributed by atoms with van der Waals surface area (Å²) >= 11 is 0. The minimum atomic E-state index is -0.228. The molecule has 3 N–H and O–H groups in total. The number of anilines is 1. The maximum Gasteiger partial charge on any atom is 0.270 e. The van der Waals surface area contributed by atoms with E-state index >= 15 is 0 Å². The molecule has 0 spiro atoms. The monoisotopic (exact) mass is 271 g/mol. The normalized spacial score (nSPS) is 11.7. The van der Waals surface area contributed by atoms with Crippen LogP contribution in [-0.2, 0) is 0 Å². The number of hydrogen-bond acceptors (Lipinski definition) is 4. The lowest BCUT2D eigenvalue weighted by atomic mass is 10.1. The van der Waals surface area contributed by atoms with Gasteiger partial charge in [0.25, 0.3) is 5.91 Å². The quantitative estimate of drug-likeness (QED) is 0.893. The van der Waals surface area contributed by atoms with Crippen LogP contribution in [0.15, 0.2) is 42.6 Å². The number of methoxy groups -OCH3 is 1. The fraction of sp³-hybridized carbons (Fsp3) is 0.200. The van der Waals surface area contributed by atoms with Crippen molar-refractivity contribution in [2.24, 2.45) is 0 Å². The van der Waals surface area contributed by atoms with Crippen LogP contribution in [0.4, 0.5) is 5.69 Å². The Morgan fingerprint density at radius 1 is 1.25 bits per heavy atom. The number of nitrogens with one attached hydrogen (secondary N) is 1. The Balaban J connectivity index is 2.04. The van der Waals surface area contributed by atoms with Gasteiger partial charge in [-0.2, -0.15) is 0 Å². The lowest BCUT2D eigenvalue weighted by molar-refractivity contribution is 0.0935. The van der Waals surface area contributed by atoms with Crippen molar-refractivity contribution in [1.82, 2.24) is 10.3 Å². The van der Waals surface area contributed by atoms with Crippen molar-refractivity contribution in [2.45, 2.75) is 13.0 Å². The van der Waals surface area contributed by atoms with E-state index in [4.69, 9.17) is 10.5 Å². The van der Waals surface area contributed by atoms with Gasteiger partial charge in [-0.25, -0.2) is 4.98 Å². The molecule has 2 rings (SSSR count). The van der Waals surface area contributed by atoms with Crippen LogP contribution in [-0.4, -0.2) is 18.0 Å². The number of nitrogens with zero attached hydrogens (tertiary/aromatic N) is 1. The fourth-order valence-corrected chi connectivity index (χ4v) is 1.79. The SMILES string of the molecule is COc1ccc([C@@H](C)NC(=O)c2ccc(N)cn2)cc1. The topological polar surface area (TPSA) is 77.2 Å². The van der Waals surface area contributed by atoms with E-state index in [0.29, 0.717) is 11.4 Å². The molecular formula is C15H17N3O2. The van der Waals surface area contributed by atoms with Gasteiger partial charge in [-0.1, -0.05) is 12.1 Å². The second-order valence-corrected chi connectivity index (χ2v) is 4.45. The molecule has 0 aliphatic heterocycles. The van der Waals surface area contributed by atoms with Gasteiger partial charge in [0.2, 0.25) is 0 Å². The predicted molar refractivity (Wildman–Crippen MR) is 77.5 cm³/mol. The van der Waals surface area contributed by atoms with Crippen LogP contribution in [0.1, 0.15) is 29.0 Å². The van der Waals surface area contributed by atoms with Crippen LogP contribution in [0.3, 0.4) is 0 Å². The van der Waals surface area contributed by atoms with E-state index in [1.165, 1.54) is 6.20 Å². The van der Waals surface area contributed by atoms with Gasteiger partial charge in [0, 0.05) is 0 Å². The number of pyridine rings is 1. The molecule has 0 saturated carbocycles. The molecule has 0 unspecified atom stereocenters. The minimum Gasteiger partial charge on any atom is -0.497 e. The summed E-state index contributed by atoms with van der Waals surface area (Å²) in [6.45, 7) is 1.91. The number of rotatable bonds is 4. The van der Waals surface area contributed by atoms with E-state index < -0.39 is 0 Å². The second kappa shape index (κ2) is 6.06. The molecule has 2 aromatic rings. The molecule has 5 nitrogen and oxygen atoms in total. The van der Waals surface area contributed by atoms with Gasteiger partial charge >= 0.3 is 0 Å². The van der Waals surface area contributed by atoms with Crippen LogP contribution in [0.25, 0.3) is 0 Å². The van der Waals surface area contributed by atoms with Crippen molar-refractivity contribution >= 4 is 11.6 Å². The Kier molecular flexibility index (Phi) is 4.20. The summed E-state index contributed by atoms with van der Waals surface area (Å²) in [5, 5.41) is 2.89. The molecule has 1 aromatic carbocycles. The Bertz CT molecular complexity index is 579. The molecule has 1 aromatic heterocycles. The van der Waals surface area contributed by atoms with E-state index in [2.05, 4.69) is 10.3 Å². The van der Waals surface area contributed by atoms with Crippen LogP contribution >= 0.6 is 0 Å². The first-order valence-corrected chi connectivity index (χ1v) is 6.26. The number of nitrogens with two attached hydrogens (primary N) is 1. The van der Waals surface area contributed by atoms with Crippen LogP contribution in [0.5, 0.6) is 5.75 Å². The van der Waals surface area contributed by atoms with Crippen LogP contribution in [0, 0.1) is 0 Å². The number of hydrogen-bond donors (Lipinski definition) is 2. The summed E-state index contributed by atoms with van der Waals surface area (Å²) in [6, 6.07) is 10.7. The number of nitrogen functional groups attached to an aromatic ring is 1. The molecule has 0 aliphatic carbocycles. The minimum absolute atomic E-state index is 0.118. The molecule has 20 heavy (non-hydrogen) atoms. The molecule has 0 bridgehead atoms. The Labute approximate surface area is 117 Å². The third-order valence-electron chi connectivity index (χ3n) is 2.98. The van der Waals surface area contributed by atoms with Gasteiger partial charge in [0.05, 0.1) is 25.0 Å². The number of amides is 1. The van der Waals surface area contributed by atoms with Gasteiger partial charge in [-0.05, 0) is 36.8 Å². The zero-order valence-corrected chi connectivity index (χ0v) is 11.5.